The van der Waals surface area contributed by atoms with Crippen molar-refractivity contribution in [3.8, 4) is 11.1 Å². The van der Waals surface area contributed by atoms with Crippen molar-refractivity contribution < 1.29 is 13.2 Å². The van der Waals surface area contributed by atoms with Gasteiger partial charge < -0.3 is 0 Å². The Morgan fingerprint density at radius 1 is 1.03 bits per heavy atom. The fourth-order valence-corrected chi connectivity index (χ4v) is 6.49. The molecule has 1 aromatic carbocycles. The molecule has 168 valence electrons. The third-order valence-electron chi connectivity index (χ3n) is 6.82. The van der Waals surface area contributed by atoms with E-state index in [9.17, 15) is 13.2 Å². The van der Waals surface area contributed by atoms with Crippen molar-refractivity contribution >= 4 is 27.6 Å². The lowest BCUT2D eigenvalue weighted by Crippen LogP contribution is -2.24. The zero-order valence-corrected chi connectivity index (χ0v) is 19.2. The molecule has 0 amide bonds. The summed E-state index contributed by atoms with van der Waals surface area (Å²) >= 11 is 0. The van der Waals surface area contributed by atoms with Gasteiger partial charge in [-0.05, 0) is 60.9 Å². The maximum absolute atomic E-state index is 12.6. The fourth-order valence-electron chi connectivity index (χ4n) is 4.96. The number of allylic oxidation sites excluding steroid dienone is 1. The lowest BCUT2D eigenvalue weighted by molar-refractivity contribution is -0.119. The molecule has 2 saturated carbocycles. The molecule has 2 aromatic rings. The van der Waals surface area contributed by atoms with Crippen molar-refractivity contribution in [1.29, 1.82) is 0 Å². The van der Waals surface area contributed by atoms with E-state index in [4.69, 9.17) is 4.98 Å². The van der Waals surface area contributed by atoms with Gasteiger partial charge in [0.15, 0.2) is 0 Å². The summed E-state index contributed by atoms with van der Waals surface area (Å²) in [7, 11) is -3.35. The van der Waals surface area contributed by atoms with Gasteiger partial charge >= 0.3 is 0 Å². The number of rotatable bonds is 8. The first-order valence-electron chi connectivity index (χ1n) is 11.8. The second-order valence-corrected chi connectivity index (χ2v) is 11.3. The highest BCUT2D eigenvalue weighted by atomic mass is 32.2. The normalized spacial score (nSPS) is 18.5. The molecule has 0 aliphatic heterocycles. The van der Waals surface area contributed by atoms with Crippen molar-refractivity contribution in [2.75, 3.05) is 10.5 Å². The Hall–Kier alpha value is -2.47. The molecule has 0 spiro atoms. The predicted octanol–water partition coefficient (Wildman–Crippen LogP) is 5.16. The van der Waals surface area contributed by atoms with Gasteiger partial charge in [0.25, 0.3) is 0 Å². The van der Waals surface area contributed by atoms with Gasteiger partial charge in [-0.25, -0.2) is 8.42 Å². The molecule has 0 saturated heterocycles. The molecule has 5 nitrogen and oxygen atoms in total. The highest BCUT2D eigenvalue weighted by molar-refractivity contribution is 7.92. The van der Waals surface area contributed by atoms with Gasteiger partial charge in [0.05, 0.1) is 11.4 Å². The van der Waals surface area contributed by atoms with Crippen molar-refractivity contribution in [3.63, 3.8) is 0 Å². The van der Waals surface area contributed by atoms with Gasteiger partial charge in [0.2, 0.25) is 10.0 Å². The van der Waals surface area contributed by atoms with E-state index < -0.39 is 10.0 Å². The summed E-state index contributed by atoms with van der Waals surface area (Å²) in [5.41, 5.74) is 5.59. The number of hydrogen-bond acceptors (Lipinski definition) is 4. The molecular weight excluding hydrogens is 420 g/mol. The highest BCUT2D eigenvalue weighted by Gasteiger charge is 2.30. The minimum absolute atomic E-state index is 0.204. The molecule has 0 atom stereocenters. The Balaban J connectivity index is 1.33. The molecule has 3 aliphatic carbocycles. The first-order chi connectivity index (χ1) is 15.5. The zero-order chi connectivity index (χ0) is 22.1. The maximum atomic E-state index is 12.6. The summed E-state index contributed by atoms with van der Waals surface area (Å²) in [5, 5.41) is 0. The number of benzene rings is 1. The smallest absolute Gasteiger partial charge is 0.232 e. The van der Waals surface area contributed by atoms with Crippen LogP contribution in [0.5, 0.6) is 0 Å². The van der Waals surface area contributed by atoms with Gasteiger partial charge in [-0.15, -0.1) is 0 Å². The SMILES string of the molecule is O=C(Cc1cc(-c2ccc(NS(=O)(=O)CC3CCCCC3)cc2)c2c(n1)CC=C2)C1CC1. The molecule has 5 rings (SSSR count). The molecular formula is C26H30N2O3S. The summed E-state index contributed by atoms with van der Waals surface area (Å²) < 4.78 is 28.0. The van der Waals surface area contributed by atoms with Gasteiger partial charge in [-0.2, -0.15) is 0 Å². The standard InChI is InChI=1S/C26H30N2O3S/c29-26(20-9-10-20)16-22-15-24(23-7-4-8-25(23)27-22)19-11-13-21(14-12-19)28-32(30,31)17-18-5-2-1-3-6-18/h4,7,11-15,18,20,28H,1-3,5-6,8-10,16-17H2. The van der Waals surface area contributed by atoms with Crippen molar-refractivity contribution in [3.05, 3.63) is 53.4 Å². The lowest BCUT2D eigenvalue weighted by Gasteiger charge is -2.21. The quantitative estimate of drug-likeness (QED) is 0.603. The van der Waals surface area contributed by atoms with Crippen LogP contribution < -0.4 is 4.72 Å². The van der Waals surface area contributed by atoms with Gasteiger partial charge in [-0.3, -0.25) is 14.5 Å². The van der Waals surface area contributed by atoms with Crippen LogP contribution in [0.4, 0.5) is 5.69 Å². The Bertz CT molecular complexity index is 1140. The molecule has 0 unspecified atom stereocenters. The van der Waals surface area contributed by atoms with Crippen LogP contribution in [0.25, 0.3) is 17.2 Å². The largest absolute Gasteiger partial charge is 0.299 e. The number of carbonyl (C=O) groups excluding carboxylic acids is 1. The predicted molar refractivity (Wildman–Crippen MR) is 128 cm³/mol. The number of Topliss-reactive ketones (excluding diaryl/α,β-unsaturated/α-hetero) is 1. The van der Waals surface area contributed by atoms with E-state index in [2.05, 4.69) is 16.9 Å². The first kappa shape index (κ1) is 21.4. The van der Waals surface area contributed by atoms with Crippen LogP contribution in [0, 0.1) is 11.8 Å². The van der Waals surface area contributed by atoms with E-state index in [0.29, 0.717) is 12.1 Å². The van der Waals surface area contributed by atoms with Gasteiger partial charge in [0, 0.05) is 35.7 Å². The average Bonchev–Trinajstić information content (AvgIpc) is 3.52. The number of carbonyl (C=O) groups is 1. The lowest BCUT2D eigenvalue weighted by atomic mass is 9.91. The van der Waals surface area contributed by atoms with E-state index in [-0.39, 0.29) is 23.4 Å². The van der Waals surface area contributed by atoms with Crippen LogP contribution >= 0.6 is 0 Å². The van der Waals surface area contributed by atoms with Crippen LogP contribution in [0.1, 0.15) is 61.9 Å². The Morgan fingerprint density at radius 2 is 1.78 bits per heavy atom. The van der Waals surface area contributed by atoms with Crippen molar-refractivity contribution in [1.82, 2.24) is 4.98 Å². The topological polar surface area (TPSA) is 76.1 Å². The Morgan fingerprint density at radius 3 is 2.50 bits per heavy atom. The van der Waals surface area contributed by atoms with Crippen LogP contribution in [0.2, 0.25) is 0 Å². The molecule has 6 heteroatoms. The van der Waals surface area contributed by atoms with Crippen LogP contribution in [0.3, 0.4) is 0 Å². The summed E-state index contributed by atoms with van der Waals surface area (Å²) in [6, 6.07) is 9.58. The minimum atomic E-state index is -3.35. The molecule has 0 radical (unpaired) electrons. The van der Waals surface area contributed by atoms with Crippen LogP contribution in [-0.2, 0) is 27.7 Å². The van der Waals surface area contributed by atoms with E-state index in [1.54, 1.807) is 0 Å². The molecule has 3 aliphatic rings. The molecule has 1 heterocycles. The third kappa shape index (κ3) is 4.96. The van der Waals surface area contributed by atoms with Crippen LogP contribution in [0.15, 0.2) is 36.4 Å². The maximum Gasteiger partial charge on any atom is 0.232 e. The Kier molecular flexibility index (Phi) is 5.89. The first-order valence-corrected chi connectivity index (χ1v) is 13.4. The summed E-state index contributed by atoms with van der Waals surface area (Å²) in [6.07, 6.45) is 12.9. The average molecular weight is 451 g/mol. The zero-order valence-electron chi connectivity index (χ0n) is 18.3. The number of nitrogens with zero attached hydrogens (tertiary/aromatic N) is 1. The van der Waals surface area contributed by atoms with E-state index >= 15 is 0 Å². The number of sulfonamides is 1. The number of pyridine rings is 1. The summed E-state index contributed by atoms with van der Waals surface area (Å²) in [5.74, 6) is 0.989. The monoisotopic (exact) mass is 450 g/mol. The molecule has 1 aromatic heterocycles. The summed E-state index contributed by atoms with van der Waals surface area (Å²) in [6.45, 7) is 0. The fraction of sp³-hybridized carbons (Fsp3) is 0.462. The number of hydrogen-bond donors (Lipinski definition) is 1. The van der Waals surface area contributed by atoms with Crippen LogP contribution in [-0.4, -0.2) is 24.9 Å². The van der Waals surface area contributed by atoms with E-state index in [0.717, 1.165) is 73.0 Å². The van der Waals surface area contributed by atoms with Crippen molar-refractivity contribution in [2.24, 2.45) is 11.8 Å². The summed E-state index contributed by atoms with van der Waals surface area (Å²) in [4.78, 5) is 17.1. The minimum Gasteiger partial charge on any atom is -0.299 e. The van der Waals surface area contributed by atoms with Gasteiger partial charge in [0.1, 0.15) is 5.78 Å². The number of ketones is 1. The third-order valence-corrected chi connectivity index (χ3v) is 8.28. The number of fused-ring (bicyclic) bond motifs is 1. The van der Waals surface area contributed by atoms with E-state index in [1.165, 1.54) is 6.42 Å². The van der Waals surface area contributed by atoms with E-state index in [1.807, 2.05) is 30.3 Å². The number of nitrogens with one attached hydrogen (secondary N) is 1. The second-order valence-electron chi connectivity index (χ2n) is 9.51. The van der Waals surface area contributed by atoms with Crippen molar-refractivity contribution in [2.45, 2.75) is 57.8 Å². The number of anilines is 1. The second kappa shape index (κ2) is 8.81. The number of aromatic nitrogens is 1. The molecule has 32 heavy (non-hydrogen) atoms. The Labute approximate surface area is 190 Å². The molecule has 2 fully saturated rings. The highest BCUT2D eigenvalue weighted by Crippen LogP contribution is 2.34. The molecule has 1 N–H and O–H groups in total. The van der Waals surface area contributed by atoms with Gasteiger partial charge in [-0.1, -0.05) is 43.5 Å². The molecule has 0 bridgehead atoms.